The molecule has 2 aromatic rings. The Hall–Kier alpha value is -3.16. The van der Waals surface area contributed by atoms with Crippen molar-refractivity contribution in [2.75, 3.05) is 26.2 Å². The van der Waals surface area contributed by atoms with Crippen molar-refractivity contribution < 1.29 is 18.8 Å². The van der Waals surface area contributed by atoms with E-state index in [0.717, 1.165) is 12.8 Å². The molecule has 8 nitrogen and oxygen atoms in total. The summed E-state index contributed by atoms with van der Waals surface area (Å²) in [5.74, 6) is -0.283. The van der Waals surface area contributed by atoms with E-state index in [2.05, 4.69) is 10.3 Å². The molecule has 0 radical (unpaired) electrons. The number of hydrogen-bond donors (Lipinski definition) is 1. The minimum atomic E-state index is -0.249. The molecule has 2 aromatic heterocycles. The Labute approximate surface area is 156 Å². The van der Waals surface area contributed by atoms with Gasteiger partial charge in [0.25, 0.3) is 17.7 Å². The van der Waals surface area contributed by atoms with Crippen LogP contribution < -0.4 is 5.32 Å². The Balaban J connectivity index is 1.37. The standard InChI is InChI=1S/C19H20N4O4/c24-17(21-14-3-4-14)15-12-13(5-6-20-15)18(25)22-7-9-23(10-8-22)19(26)16-2-1-11-27-16/h1-2,5-6,11-12,14H,3-4,7-10H2,(H,21,24). The van der Waals surface area contributed by atoms with Crippen molar-refractivity contribution in [2.24, 2.45) is 0 Å². The van der Waals surface area contributed by atoms with Crippen LogP contribution in [0, 0.1) is 0 Å². The molecular weight excluding hydrogens is 348 g/mol. The molecule has 1 saturated heterocycles. The summed E-state index contributed by atoms with van der Waals surface area (Å²) in [4.78, 5) is 44.6. The fraction of sp³-hybridized carbons (Fsp3) is 0.368. The number of rotatable bonds is 4. The largest absolute Gasteiger partial charge is 0.459 e. The average molecular weight is 368 g/mol. The second-order valence-corrected chi connectivity index (χ2v) is 6.74. The minimum absolute atomic E-state index is 0.164. The molecule has 0 unspecified atom stereocenters. The van der Waals surface area contributed by atoms with Gasteiger partial charge in [0, 0.05) is 44.0 Å². The maximum Gasteiger partial charge on any atom is 0.289 e. The van der Waals surface area contributed by atoms with Crippen molar-refractivity contribution in [1.29, 1.82) is 0 Å². The lowest BCUT2D eigenvalue weighted by atomic mass is 10.1. The lowest BCUT2D eigenvalue weighted by Gasteiger charge is -2.34. The summed E-state index contributed by atoms with van der Waals surface area (Å²) >= 11 is 0. The van der Waals surface area contributed by atoms with Crippen molar-refractivity contribution in [3.8, 4) is 0 Å². The molecule has 27 heavy (non-hydrogen) atoms. The number of furan rings is 1. The Morgan fingerprint density at radius 1 is 1.04 bits per heavy atom. The zero-order valence-electron chi connectivity index (χ0n) is 14.8. The highest BCUT2D eigenvalue weighted by molar-refractivity contribution is 5.99. The summed E-state index contributed by atoms with van der Waals surface area (Å²) in [6, 6.07) is 6.67. The summed E-state index contributed by atoms with van der Waals surface area (Å²) in [7, 11) is 0. The van der Waals surface area contributed by atoms with Crippen LogP contribution in [-0.2, 0) is 0 Å². The van der Waals surface area contributed by atoms with E-state index in [4.69, 9.17) is 4.42 Å². The smallest absolute Gasteiger partial charge is 0.289 e. The van der Waals surface area contributed by atoms with Crippen molar-refractivity contribution in [1.82, 2.24) is 20.1 Å². The van der Waals surface area contributed by atoms with E-state index in [-0.39, 0.29) is 29.5 Å². The van der Waals surface area contributed by atoms with Crippen LogP contribution in [0.1, 0.15) is 44.2 Å². The van der Waals surface area contributed by atoms with Gasteiger partial charge in [0.2, 0.25) is 0 Å². The summed E-state index contributed by atoms with van der Waals surface area (Å²) < 4.78 is 5.14. The summed E-state index contributed by atoms with van der Waals surface area (Å²) in [6.45, 7) is 1.73. The van der Waals surface area contributed by atoms with Crippen LogP contribution in [-0.4, -0.2) is 64.7 Å². The molecule has 3 heterocycles. The van der Waals surface area contributed by atoms with E-state index in [1.165, 1.54) is 18.5 Å². The van der Waals surface area contributed by atoms with E-state index in [1.807, 2.05) is 0 Å². The predicted octanol–water partition coefficient (Wildman–Crippen LogP) is 1.16. The topological polar surface area (TPSA) is 95.8 Å². The minimum Gasteiger partial charge on any atom is -0.459 e. The van der Waals surface area contributed by atoms with Crippen LogP contribution in [0.15, 0.2) is 41.1 Å². The zero-order chi connectivity index (χ0) is 18.8. The quantitative estimate of drug-likeness (QED) is 0.874. The van der Waals surface area contributed by atoms with Gasteiger partial charge in [-0.25, -0.2) is 0 Å². The number of pyridine rings is 1. The molecule has 1 N–H and O–H groups in total. The van der Waals surface area contributed by atoms with Crippen LogP contribution in [0.3, 0.4) is 0 Å². The third-order valence-corrected chi connectivity index (χ3v) is 4.74. The number of carbonyl (C=O) groups excluding carboxylic acids is 3. The SMILES string of the molecule is O=C(NC1CC1)c1cc(C(=O)N2CCN(C(=O)c3ccco3)CC2)ccn1. The van der Waals surface area contributed by atoms with Gasteiger partial charge in [-0.1, -0.05) is 0 Å². The normalized spacial score (nSPS) is 16.9. The van der Waals surface area contributed by atoms with Crippen molar-refractivity contribution in [3.63, 3.8) is 0 Å². The number of carbonyl (C=O) groups is 3. The van der Waals surface area contributed by atoms with Gasteiger partial charge < -0.3 is 19.5 Å². The summed E-state index contributed by atoms with van der Waals surface area (Å²) in [5.41, 5.74) is 0.677. The highest BCUT2D eigenvalue weighted by Gasteiger charge is 2.28. The third-order valence-electron chi connectivity index (χ3n) is 4.74. The van der Waals surface area contributed by atoms with Crippen LogP contribution in [0.4, 0.5) is 0 Å². The first-order valence-corrected chi connectivity index (χ1v) is 9.01. The first kappa shape index (κ1) is 17.3. The molecule has 0 atom stereocenters. The van der Waals surface area contributed by atoms with Crippen LogP contribution in [0.25, 0.3) is 0 Å². The van der Waals surface area contributed by atoms with E-state index in [1.54, 1.807) is 28.0 Å². The molecule has 8 heteroatoms. The molecule has 0 aromatic carbocycles. The number of piperazine rings is 1. The fourth-order valence-corrected chi connectivity index (χ4v) is 3.03. The van der Waals surface area contributed by atoms with Crippen LogP contribution in [0.2, 0.25) is 0 Å². The maximum atomic E-state index is 12.8. The number of amides is 3. The molecule has 0 spiro atoms. The van der Waals surface area contributed by atoms with Gasteiger partial charge in [-0.2, -0.15) is 0 Å². The third kappa shape index (κ3) is 3.84. The van der Waals surface area contributed by atoms with Gasteiger partial charge in [-0.3, -0.25) is 19.4 Å². The average Bonchev–Trinajstić information content (AvgIpc) is 3.35. The van der Waals surface area contributed by atoms with Crippen molar-refractivity contribution in [3.05, 3.63) is 53.7 Å². The molecule has 4 rings (SSSR count). The second-order valence-electron chi connectivity index (χ2n) is 6.74. The highest BCUT2D eigenvalue weighted by atomic mass is 16.3. The molecule has 1 aliphatic carbocycles. The summed E-state index contributed by atoms with van der Waals surface area (Å²) in [6.07, 6.45) is 4.93. The van der Waals surface area contributed by atoms with Gasteiger partial charge in [0.05, 0.1) is 6.26 Å². The Morgan fingerprint density at radius 2 is 1.74 bits per heavy atom. The van der Waals surface area contributed by atoms with Gasteiger partial charge in [-0.05, 0) is 37.1 Å². The van der Waals surface area contributed by atoms with Gasteiger partial charge in [0.1, 0.15) is 5.69 Å². The Bertz CT molecular complexity index is 852. The molecule has 1 aliphatic heterocycles. The molecule has 3 amide bonds. The van der Waals surface area contributed by atoms with Gasteiger partial charge >= 0.3 is 0 Å². The highest BCUT2D eigenvalue weighted by Crippen LogP contribution is 2.19. The first-order chi connectivity index (χ1) is 13.1. The fourth-order valence-electron chi connectivity index (χ4n) is 3.03. The van der Waals surface area contributed by atoms with Gasteiger partial charge in [0.15, 0.2) is 5.76 Å². The monoisotopic (exact) mass is 368 g/mol. The first-order valence-electron chi connectivity index (χ1n) is 9.01. The predicted molar refractivity (Wildman–Crippen MR) is 95.2 cm³/mol. The van der Waals surface area contributed by atoms with E-state index < -0.39 is 0 Å². The maximum absolute atomic E-state index is 12.8. The van der Waals surface area contributed by atoms with Crippen molar-refractivity contribution >= 4 is 17.7 Å². The molecule has 1 saturated carbocycles. The molecule has 2 aliphatic rings. The van der Waals surface area contributed by atoms with Gasteiger partial charge in [-0.15, -0.1) is 0 Å². The molecular formula is C19H20N4O4. The van der Waals surface area contributed by atoms with E-state index in [9.17, 15) is 14.4 Å². The Kier molecular flexibility index (Phi) is 4.62. The number of hydrogen-bond acceptors (Lipinski definition) is 5. The van der Waals surface area contributed by atoms with Crippen LogP contribution in [0.5, 0.6) is 0 Å². The van der Waals surface area contributed by atoms with E-state index >= 15 is 0 Å². The number of nitrogens with zero attached hydrogens (tertiary/aromatic N) is 3. The summed E-state index contributed by atoms with van der Waals surface area (Å²) in [5, 5.41) is 2.87. The molecule has 0 bridgehead atoms. The molecule has 140 valence electrons. The zero-order valence-corrected chi connectivity index (χ0v) is 14.8. The van der Waals surface area contributed by atoms with E-state index in [0.29, 0.717) is 37.5 Å². The van der Waals surface area contributed by atoms with Crippen molar-refractivity contribution in [2.45, 2.75) is 18.9 Å². The number of aromatic nitrogens is 1. The lowest BCUT2D eigenvalue weighted by Crippen LogP contribution is -2.50. The molecule has 2 fully saturated rings. The second kappa shape index (κ2) is 7.22. The Morgan fingerprint density at radius 3 is 2.37 bits per heavy atom. The number of nitrogens with one attached hydrogen (secondary N) is 1. The lowest BCUT2D eigenvalue weighted by molar-refractivity contribution is 0.0518. The van der Waals surface area contributed by atoms with Crippen LogP contribution >= 0.6 is 0 Å².